The molecule has 0 saturated heterocycles. The summed E-state index contributed by atoms with van der Waals surface area (Å²) < 4.78 is 0. The molecule has 2 atom stereocenters. The van der Waals surface area contributed by atoms with Gasteiger partial charge in [-0.1, -0.05) is 31.2 Å². The Kier molecular flexibility index (Phi) is 6.06. The summed E-state index contributed by atoms with van der Waals surface area (Å²) in [6, 6.07) is 9.68. The van der Waals surface area contributed by atoms with E-state index >= 15 is 0 Å². The van der Waals surface area contributed by atoms with Crippen molar-refractivity contribution in [3.8, 4) is 0 Å². The summed E-state index contributed by atoms with van der Waals surface area (Å²) in [7, 11) is 4.35. The van der Waals surface area contributed by atoms with Crippen LogP contribution in [0.15, 0.2) is 24.3 Å². The molecule has 0 fully saturated rings. The van der Waals surface area contributed by atoms with Gasteiger partial charge in [-0.15, -0.1) is 0 Å². The Hall–Kier alpha value is -0.860. The van der Waals surface area contributed by atoms with Gasteiger partial charge < -0.3 is 10.2 Å². The molecular formula is C18H30N2. The average Bonchev–Trinajstić information content (AvgIpc) is 2.44. The predicted molar refractivity (Wildman–Crippen MR) is 87.4 cm³/mol. The largest absolute Gasteiger partial charge is 0.313 e. The minimum atomic E-state index is 0.612. The van der Waals surface area contributed by atoms with E-state index in [0.29, 0.717) is 6.04 Å². The molecule has 20 heavy (non-hydrogen) atoms. The first-order valence-electron chi connectivity index (χ1n) is 8.16. The first-order chi connectivity index (χ1) is 9.70. The normalized spacial score (nSPS) is 19.9. The maximum atomic E-state index is 3.74. The van der Waals surface area contributed by atoms with E-state index in [0.717, 1.165) is 19.0 Å². The maximum Gasteiger partial charge on any atom is 0.0200 e. The lowest BCUT2D eigenvalue weighted by Gasteiger charge is -2.31. The third kappa shape index (κ3) is 4.32. The highest BCUT2D eigenvalue weighted by Gasteiger charge is 2.23. The number of fused-ring (bicyclic) bond motifs is 1. The summed E-state index contributed by atoms with van der Waals surface area (Å²) in [5.74, 6) is 0.745. The molecule has 2 heteroatoms. The van der Waals surface area contributed by atoms with E-state index in [-0.39, 0.29) is 0 Å². The van der Waals surface area contributed by atoms with E-state index in [2.05, 4.69) is 55.5 Å². The van der Waals surface area contributed by atoms with Crippen LogP contribution in [0.5, 0.6) is 0 Å². The minimum absolute atomic E-state index is 0.612. The van der Waals surface area contributed by atoms with Crippen molar-refractivity contribution in [2.45, 2.75) is 51.0 Å². The molecule has 0 spiro atoms. The van der Waals surface area contributed by atoms with Gasteiger partial charge in [0.1, 0.15) is 0 Å². The predicted octanol–water partition coefficient (Wildman–Crippen LogP) is 3.43. The number of benzene rings is 1. The molecule has 1 aromatic rings. The first-order valence-corrected chi connectivity index (χ1v) is 8.16. The molecule has 0 aliphatic heterocycles. The van der Waals surface area contributed by atoms with Crippen molar-refractivity contribution >= 4 is 0 Å². The monoisotopic (exact) mass is 274 g/mol. The fourth-order valence-electron chi connectivity index (χ4n) is 3.45. The molecule has 1 aliphatic rings. The van der Waals surface area contributed by atoms with Gasteiger partial charge in [-0.25, -0.2) is 0 Å². The van der Waals surface area contributed by atoms with Gasteiger partial charge in [0, 0.05) is 12.6 Å². The van der Waals surface area contributed by atoms with Gasteiger partial charge in [-0.05, 0) is 69.8 Å². The third-order valence-electron chi connectivity index (χ3n) is 4.33. The summed E-state index contributed by atoms with van der Waals surface area (Å²) in [5.41, 5.74) is 3.20. The van der Waals surface area contributed by atoms with Gasteiger partial charge in [0.2, 0.25) is 0 Å². The topological polar surface area (TPSA) is 15.3 Å². The molecule has 0 amide bonds. The van der Waals surface area contributed by atoms with Gasteiger partial charge in [0.25, 0.3) is 0 Å². The van der Waals surface area contributed by atoms with Crippen LogP contribution in [0.4, 0.5) is 0 Å². The highest BCUT2D eigenvalue weighted by molar-refractivity contribution is 5.32. The zero-order valence-corrected chi connectivity index (χ0v) is 13.4. The second kappa shape index (κ2) is 7.80. The van der Waals surface area contributed by atoms with Gasteiger partial charge >= 0.3 is 0 Å². The van der Waals surface area contributed by atoms with Crippen LogP contribution >= 0.6 is 0 Å². The fraction of sp³-hybridized carbons (Fsp3) is 0.667. The van der Waals surface area contributed by atoms with Crippen LogP contribution in [0.25, 0.3) is 0 Å². The molecule has 112 valence electrons. The fourth-order valence-corrected chi connectivity index (χ4v) is 3.45. The van der Waals surface area contributed by atoms with Crippen LogP contribution in [0, 0.1) is 0 Å². The van der Waals surface area contributed by atoms with Crippen molar-refractivity contribution in [2.75, 3.05) is 27.2 Å². The van der Waals surface area contributed by atoms with Crippen molar-refractivity contribution in [1.29, 1.82) is 0 Å². The van der Waals surface area contributed by atoms with Crippen molar-refractivity contribution in [2.24, 2.45) is 0 Å². The lowest BCUT2D eigenvalue weighted by Crippen LogP contribution is -2.40. The number of likely N-dealkylation sites (N-methyl/N-ethyl adjacent to an activating group) is 1. The highest BCUT2D eigenvalue weighted by Crippen LogP contribution is 2.34. The SMILES string of the molecule is CCCNC(CC1CCCc2ccccc21)CN(C)C. The van der Waals surface area contributed by atoms with Crippen LogP contribution in [0.2, 0.25) is 0 Å². The molecule has 1 aromatic carbocycles. The maximum absolute atomic E-state index is 3.74. The third-order valence-corrected chi connectivity index (χ3v) is 4.33. The van der Waals surface area contributed by atoms with Crippen LogP contribution in [-0.2, 0) is 6.42 Å². The first kappa shape index (κ1) is 15.5. The van der Waals surface area contributed by atoms with Gasteiger partial charge in [-0.3, -0.25) is 0 Å². The summed E-state index contributed by atoms with van der Waals surface area (Å²) in [4.78, 5) is 2.31. The van der Waals surface area contributed by atoms with Crippen LogP contribution in [-0.4, -0.2) is 38.1 Å². The van der Waals surface area contributed by atoms with Crippen molar-refractivity contribution < 1.29 is 0 Å². The number of hydrogen-bond donors (Lipinski definition) is 1. The second-order valence-corrected chi connectivity index (χ2v) is 6.44. The van der Waals surface area contributed by atoms with Crippen molar-refractivity contribution in [1.82, 2.24) is 10.2 Å². The molecule has 1 N–H and O–H groups in total. The Morgan fingerprint density at radius 2 is 2.10 bits per heavy atom. The second-order valence-electron chi connectivity index (χ2n) is 6.44. The summed E-state index contributed by atoms with van der Waals surface area (Å²) in [6.45, 7) is 4.52. The summed E-state index contributed by atoms with van der Waals surface area (Å²) in [5, 5.41) is 3.74. The van der Waals surface area contributed by atoms with E-state index in [4.69, 9.17) is 0 Å². The van der Waals surface area contributed by atoms with Crippen molar-refractivity contribution in [3.63, 3.8) is 0 Å². The van der Waals surface area contributed by atoms with Crippen LogP contribution < -0.4 is 5.32 Å². The smallest absolute Gasteiger partial charge is 0.0200 e. The standard InChI is InChI=1S/C18H30N2/c1-4-12-19-17(14-20(2)3)13-16-10-7-9-15-8-5-6-11-18(15)16/h5-6,8,11,16-17,19H,4,7,9-10,12-14H2,1-3H3. The summed E-state index contributed by atoms with van der Waals surface area (Å²) >= 11 is 0. The van der Waals surface area contributed by atoms with Crippen molar-refractivity contribution in [3.05, 3.63) is 35.4 Å². The highest BCUT2D eigenvalue weighted by atomic mass is 15.1. The lowest BCUT2D eigenvalue weighted by molar-refractivity contribution is 0.307. The molecule has 0 heterocycles. The van der Waals surface area contributed by atoms with Gasteiger partial charge in [0.05, 0.1) is 0 Å². The van der Waals surface area contributed by atoms with E-state index < -0.39 is 0 Å². The van der Waals surface area contributed by atoms with Crippen LogP contribution in [0.3, 0.4) is 0 Å². The zero-order chi connectivity index (χ0) is 14.4. The quantitative estimate of drug-likeness (QED) is 0.819. The molecule has 1 aliphatic carbocycles. The summed E-state index contributed by atoms with van der Waals surface area (Å²) in [6.07, 6.45) is 6.46. The number of hydrogen-bond acceptors (Lipinski definition) is 2. The van der Waals surface area contributed by atoms with Gasteiger partial charge in [-0.2, -0.15) is 0 Å². The molecule has 2 rings (SSSR count). The zero-order valence-electron chi connectivity index (χ0n) is 13.4. The lowest BCUT2D eigenvalue weighted by atomic mass is 9.79. The number of rotatable bonds is 7. The molecule has 0 aromatic heterocycles. The van der Waals surface area contributed by atoms with E-state index in [1.165, 1.54) is 32.1 Å². The van der Waals surface area contributed by atoms with Gasteiger partial charge in [0.15, 0.2) is 0 Å². The number of nitrogens with one attached hydrogen (secondary N) is 1. The van der Waals surface area contributed by atoms with E-state index in [1.54, 1.807) is 11.1 Å². The molecular weight excluding hydrogens is 244 g/mol. The molecule has 0 bridgehead atoms. The number of nitrogens with zero attached hydrogens (tertiary/aromatic N) is 1. The Labute approximate surface area is 124 Å². The molecule has 2 nitrogen and oxygen atoms in total. The minimum Gasteiger partial charge on any atom is -0.313 e. The Balaban J connectivity index is 2.03. The van der Waals surface area contributed by atoms with Crippen LogP contribution in [0.1, 0.15) is 49.7 Å². The molecule has 2 unspecified atom stereocenters. The molecule has 0 radical (unpaired) electrons. The average molecular weight is 274 g/mol. The Morgan fingerprint density at radius 1 is 1.30 bits per heavy atom. The van der Waals surface area contributed by atoms with E-state index in [9.17, 15) is 0 Å². The van der Waals surface area contributed by atoms with E-state index in [1.807, 2.05) is 0 Å². The Morgan fingerprint density at radius 3 is 2.85 bits per heavy atom. The molecule has 0 saturated carbocycles. The number of aryl methyl sites for hydroxylation is 1. The Bertz CT molecular complexity index is 400.